The largest absolute Gasteiger partial charge is 0.481 e. The van der Waals surface area contributed by atoms with E-state index in [2.05, 4.69) is 5.32 Å². The van der Waals surface area contributed by atoms with Crippen LogP contribution in [0, 0.1) is 11.8 Å². The summed E-state index contributed by atoms with van der Waals surface area (Å²) in [6.45, 7) is 2.43. The van der Waals surface area contributed by atoms with Gasteiger partial charge in [-0.15, -0.1) is 0 Å². The zero-order chi connectivity index (χ0) is 20.8. The van der Waals surface area contributed by atoms with Crippen molar-refractivity contribution in [2.24, 2.45) is 11.8 Å². The minimum absolute atomic E-state index is 0.0288. The van der Waals surface area contributed by atoms with Gasteiger partial charge in [0, 0.05) is 18.3 Å². The summed E-state index contributed by atoms with van der Waals surface area (Å²) in [5.74, 6) is -2.99. The van der Waals surface area contributed by atoms with Gasteiger partial charge in [-0.2, -0.15) is 4.31 Å². The molecule has 4 rings (SSSR count). The van der Waals surface area contributed by atoms with E-state index in [-0.39, 0.29) is 17.0 Å². The van der Waals surface area contributed by atoms with E-state index < -0.39 is 39.8 Å². The van der Waals surface area contributed by atoms with Crippen LogP contribution in [0.4, 0.5) is 5.69 Å². The minimum Gasteiger partial charge on any atom is -0.481 e. The molecule has 0 spiro atoms. The zero-order valence-corrected chi connectivity index (χ0v) is 17.1. The van der Waals surface area contributed by atoms with Crippen LogP contribution in [0.3, 0.4) is 0 Å². The first-order valence-electron chi connectivity index (χ1n) is 10.1. The Morgan fingerprint density at radius 2 is 1.72 bits per heavy atom. The molecule has 3 fully saturated rings. The zero-order valence-electron chi connectivity index (χ0n) is 16.3. The lowest BCUT2D eigenvalue weighted by atomic mass is 9.78. The molecule has 1 amide bonds. The van der Waals surface area contributed by atoms with Crippen LogP contribution in [0.2, 0.25) is 0 Å². The van der Waals surface area contributed by atoms with E-state index in [0.29, 0.717) is 25.1 Å². The maximum atomic E-state index is 12.9. The predicted octanol–water partition coefficient (Wildman–Crippen LogP) is 2.07. The van der Waals surface area contributed by atoms with Crippen LogP contribution < -0.4 is 5.32 Å². The molecule has 158 valence electrons. The van der Waals surface area contributed by atoms with E-state index >= 15 is 0 Å². The van der Waals surface area contributed by atoms with Gasteiger partial charge in [-0.05, 0) is 56.9 Å². The van der Waals surface area contributed by atoms with Crippen LogP contribution in [-0.4, -0.2) is 54.5 Å². The van der Waals surface area contributed by atoms with Gasteiger partial charge in [-0.25, -0.2) is 8.42 Å². The number of anilines is 1. The summed E-state index contributed by atoms with van der Waals surface area (Å²) < 4.78 is 33.0. The highest BCUT2D eigenvalue weighted by Gasteiger charge is 2.55. The van der Waals surface area contributed by atoms with Crippen LogP contribution in [0.25, 0.3) is 0 Å². The Hall–Kier alpha value is -1.97. The molecule has 2 bridgehead atoms. The molecule has 5 atom stereocenters. The number of fused-ring (bicyclic) bond motifs is 2. The highest BCUT2D eigenvalue weighted by Crippen LogP contribution is 2.44. The van der Waals surface area contributed by atoms with Gasteiger partial charge < -0.3 is 15.2 Å². The third kappa shape index (κ3) is 3.67. The first-order chi connectivity index (χ1) is 13.8. The molecule has 3 aliphatic heterocycles. The number of nitrogens with one attached hydrogen (secondary N) is 1. The maximum absolute atomic E-state index is 12.9. The smallest absolute Gasteiger partial charge is 0.310 e. The highest BCUT2D eigenvalue weighted by molar-refractivity contribution is 7.89. The third-order valence-electron chi connectivity index (χ3n) is 6.33. The molecule has 0 aliphatic carbocycles. The number of aliphatic carboxylic acids is 1. The average Bonchev–Trinajstić information content (AvgIpc) is 3.30. The summed E-state index contributed by atoms with van der Waals surface area (Å²) in [5, 5.41) is 12.2. The van der Waals surface area contributed by atoms with Crippen LogP contribution in [0.15, 0.2) is 29.2 Å². The normalized spacial score (nSPS) is 32.2. The predicted molar refractivity (Wildman–Crippen MR) is 105 cm³/mol. The third-order valence-corrected chi connectivity index (χ3v) is 8.36. The van der Waals surface area contributed by atoms with Gasteiger partial charge in [0.2, 0.25) is 15.9 Å². The molecule has 1 aromatic rings. The molecule has 29 heavy (non-hydrogen) atoms. The second-order valence-electron chi connectivity index (χ2n) is 8.15. The van der Waals surface area contributed by atoms with Crippen LogP contribution in [-0.2, 0) is 24.3 Å². The first-order valence-corrected chi connectivity index (χ1v) is 11.5. The number of nitrogens with zero attached hydrogens (tertiary/aromatic N) is 1. The number of carboxylic acids is 1. The summed E-state index contributed by atoms with van der Waals surface area (Å²) in [7, 11) is -3.58. The fourth-order valence-corrected chi connectivity index (χ4v) is 6.52. The van der Waals surface area contributed by atoms with E-state index in [1.54, 1.807) is 12.1 Å². The summed E-state index contributed by atoms with van der Waals surface area (Å²) in [4.78, 5) is 24.5. The molecule has 0 aromatic heterocycles. The summed E-state index contributed by atoms with van der Waals surface area (Å²) in [5.41, 5.74) is 0.438. The van der Waals surface area contributed by atoms with E-state index in [9.17, 15) is 23.1 Å². The SMILES string of the molecule is C[C@@H]1CCCCN1S(=O)(=O)c1ccc(NC(=O)[C@H]2[C@H](C(=O)O)[C@H]3CC[C@H]2O3)cc1. The van der Waals surface area contributed by atoms with Crippen molar-refractivity contribution in [3.63, 3.8) is 0 Å². The molecule has 2 N–H and O–H groups in total. The Kier molecular flexibility index (Phi) is 5.39. The molecule has 0 saturated carbocycles. The van der Waals surface area contributed by atoms with E-state index in [0.717, 1.165) is 19.3 Å². The summed E-state index contributed by atoms with van der Waals surface area (Å²) in [6, 6.07) is 6.03. The van der Waals surface area contributed by atoms with Crippen molar-refractivity contribution in [1.82, 2.24) is 4.31 Å². The summed E-state index contributed by atoms with van der Waals surface area (Å²) >= 11 is 0. The van der Waals surface area contributed by atoms with Crippen molar-refractivity contribution in [2.75, 3.05) is 11.9 Å². The number of carboxylic acid groups (broad SMARTS) is 1. The topological polar surface area (TPSA) is 113 Å². The molecule has 9 heteroatoms. The van der Waals surface area contributed by atoms with Crippen molar-refractivity contribution < 1.29 is 27.9 Å². The van der Waals surface area contributed by atoms with Crippen LogP contribution in [0.5, 0.6) is 0 Å². The number of sulfonamides is 1. The van der Waals surface area contributed by atoms with Crippen molar-refractivity contribution in [1.29, 1.82) is 0 Å². The number of hydrogen-bond donors (Lipinski definition) is 2. The Morgan fingerprint density at radius 1 is 1.07 bits per heavy atom. The van der Waals surface area contributed by atoms with Crippen molar-refractivity contribution in [2.45, 2.75) is 62.2 Å². The van der Waals surface area contributed by atoms with Gasteiger partial charge in [-0.3, -0.25) is 9.59 Å². The standard InChI is InChI=1S/C20H26N2O6S/c1-12-4-2-3-11-22(12)29(26,27)14-7-5-13(6-8-14)21-19(23)17-15-9-10-16(28-15)18(17)20(24)25/h5-8,12,15-18H,2-4,9-11H2,1H3,(H,21,23)(H,24,25)/t12-,15-,16-,17-,18-/m1/s1. The Bertz CT molecular complexity index is 900. The molecule has 8 nitrogen and oxygen atoms in total. The van der Waals surface area contributed by atoms with Gasteiger partial charge in [0.1, 0.15) is 0 Å². The number of amides is 1. The van der Waals surface area contributed by atoms with Crippen LogP contribution >= 0.6 is 0 Å². The second kappa shape index (κ2) is 7.70. The van der Waals surface area contributed by atoms with Gasteiger partial charge in [0.15, 0.2) is 0 Å². The van der Waals surface area contributed by atoms with Gasteiger partial charge in [0.05, 0.1) is 28.9 Å². The molecule has 3 heterocycles. The fraction of sp³-hybridized carbons (Fsp3) is 0.600. The quantitative estimate of drug-likeness (QED) is 0.751. The number of hydrogen-bond acceptors (Lipinski definition) is 5. The van der Waals surface area contributed by atoms with E-state index in [4.69, 9.17) is 4.74 Å². The highest BCUT2D eigenvalue weighted by atomic mass is 32.2. The number of ether oxygens (including phenoxy) is 1. The lowest BCUT2D eigenvalue weighted by Gasteiger charge is -2.32. The molecular formula is C20H26N2O6S. The average molecular weight is 423 g/mol. The van der Waals surface area contributed by atoms with Crippen molar-refractivity contribution in [3.05, 3.63) is 24.3 Å². The molecule has 3 saturated heterocycles. The number of piperidine rings is 1. The number of carbonyl (C=O) groups excluding carboxylic acids is 1. The maximum Gasteiger partial charge on any atom is 0.310 e. The summed E-state index contributed by atoms with van der Waals surface area (Å²) in [6.07, 6.45) is 3.29. The van der Waals surface area contributed by atoms with Crippen molar-refractivity contribution in [3.8, 4) is 0 Å². The molecule has 0 unspecified atom stereocenters. The number of benzene rings is 1. The molecule has 0 radical (unpaired) electrons. The molecular weight excluding hydrogens is 396 g/mol. The van der Waals surface area contributed by atoms with Gasteiger partial charge in [0.25, 0.3) is 0 Å². The second-order valence-corrected chi connectivity index (χ2v) is 10.0. The number of carbonyl (C=O) groups is 2. The lowest BCUT2D eigenvalue weighted by Crippen LogP contribution is -2.42. The van der Waals surface area contributed by atoms with Crippen LogP contribution in [0.1, 0.15) is 39.0 Å². The number of rotatable bonds is 5. The Balaban J connectivity index is 1.47. The molecule has 3 aliphatic rings. The van der Waals surface area contributed by atoms with Gasteiger partial charge in [-0.1, -0.05) is 6.42 Å². The Morgan fingerprint density at radius 3 is 2.34 bits per heavy atom. The Labute approximate surface area is 170 Å². The monoisotopic (exact) mass is 422 g/mol. The van der Waals surface area contributed by atoms with Crippen molar-refractivity contribution >= 4 is 27.6 Å². The van der Waals surface area contributed by atoms with E-state index in [1.807, 2.05) is 6.92 Å². The minimum atomic E-state index is -3.58. The fourth-order valence-electron chi connectivity index (χ4n) is 4.82. The van der Waals surface area contributed by atoms with Gasteiger partial charge >= 0.3 is 5.97 Å². The van der Waals surface area contributed by atoms with E-state index in [1.165, 1.54) is 16.4 Å². The molecule has 1 aromatic carbocycles. The first kappa shape index (κ1) is 20.3. The lowest BCUT2D eigenvalue weighted by molar-refractivity contribution is -0.147.